The summed E-state index contributed by atoms with van der Waals surface area (Å²) in [6.45, 7) is 0. The number of nitrogens with one attached hydrogen (secondary N) is 1. The van der Waals surface area contributed by atoms with Crippen LogP contribution in [0.25, 0.3) is 0 Å². The molecule has 0 saturated carbocycles. The van der Waals surface area contributed by atoms with Crippen molar-refractivity contribution in [1.29, 1.82) is 0 Å². The van der Waals surface area contributed by atoms with Crippen LogP contribution in [0.1, 0.15) is 12.0 Å². The number of alkyl halides is 3. The summed E-state index contributed by atoms with van der Waals surface area (Å²) in [7, 11) is -1.45. The molecule has 1 aromatic carbocycles. The van der Waals surface area contributed by atoms with Crippen LogP contribution in [-0.4, -0.2) is 48.2 Å². The summed E-state index contributed by atoms with van der Waals surface area (Å²) in [5.74, 6) is 0.300. The molecule has 26 heavy (non-hydrogen) atoms. The first-order valence-electron chi connectivity index (χ1n) is 7.72. The SMILES string of the molecule is CN(c1nncc(Nc2ccccc2C(F)(F)F)n1)C1CCS(=O)(=O)C1. The minimum Gasteiger partial charge on any atom is -0.338 e. The van der Waals surface area contributed by atoms with Gasteiger partial charge >= 0.3 is 6.18 Å². The Bertz CT molecular complexity index is 904. The first-order valence-corrected chi connectivity index (χ1v) is 9.54. The predicted octanol–water partition coefficient (Wildman–Crippen LogP) is 2.26. The molecule has 11 heteroatoms. The molecule has 0 aliphatic carbocycles. The highest BCUT2D eigenvalue weighted by Crippen LogP contribution is 2.35. The summed E-state index contributed by atoms with van der Waals surface area (Å²) >= 11 is 0. The third-order valence-corrected chi connectivity index (χ3v) is 5.86. The van der Waals surface area contributed by atoms with Gasteiger partial charge in [0.2, 0.25) is 5.95 Å². The normalized spacial score (nSPS) is 19.3. The van der Waals surface area contributed by atoms with Crippen molar-refractivity contribution in [2.45, 2.75) is 18.6 Å². The molecule has 2 aromatic rings. The Morgan fingerprint density at radius 2 is 2.00 bits per heavy atom. The van der Waals surface area contributed by atoms with E-state index in [1.807, 2.05) is 0 Å². The van der Waals surface area contributed by atoms with E-state index in [-0.39, 0.29) is 35.0 Å². The highest BCUT2D eigenvalue weighted by molar-refractivity contribution is 7.91. The maximum Gasteiger partial charge on any atom is 0.418 e. The zero-order valence-electron chi connectivity index (χ0n) is 13.7. The van der Waals surface area contributed by atoms with Gasteiger partial charge < -0.3 is 10.2 Å². The summed E-state index contributed by atoms with van der Waals surface area (Å²) in [6.07, 6.45) is -2.87. The molecule has 1 fully saturated rings. The van der Waals surface area contributed by atoms with Crippen molar-refractivity contribution in [3.05, 3.63) is 36.0 Å². The average Bonchev–Trinajstić information content (AvgIpc) is 2.94. The lowest BCUT2D eigenvalue weighted by Crippen LogP contribution is -2.34. The van der Waals surface area contributed by atoms with Gasteiger partial charge in [-0.3, -0.25) is 0 Å². The van der Waals surface area contributed by atoms with Gasteiger partial charge in [-0.05, 0) is 18.6 Å². The second-order valence-electron chi connectivity index (χ2n) is 5.98. The number of anilines is 3. The van der Waals surface area contributed by atoms with E-state index in [2.05, 4.69) is 20.5 Å². The predicted molar refractivity (Wildman–Crippen MR) is 90.0 cm³/mol. The van der Waals surface area contributed by atoms with Crippen LogP contribution in [-0.2, 0) is 16.0 Å². The van der Waals surface area contributed by atoms with Gasteiger partial charge in [0.25, 0.3) is 0 Å². The molecule has 1 aliphatic heterocycles. The summed E-state index contributed by atoms with van der Waals surface area (Å²) in [5.41, 5.74) is -0.979. The number of nitrogens with zero attached hydrogens (tertiary/aromatic N) is 4. The van der Waals surface area contributed by atoms with E-state index in [9.17, 15) is 21.6 Å². The molecule has 140 valence electrons. The largest absolute Gasteiger partial charge is 0.418 e. The summed E-state index contributed by atoms with van der Waals surface area (Å²) < 4.78 is 62.5. The van der Waals surface area contributed by atoms with Crippen molar-refractivity contribution >= 4 is 27.3 Å². The number of rotatable bonds is 4. The van der Waals surface area contributed by atoms with Gasteiger partial charge in [0.05, 0.1) is 29.0 Å². The molecule has 0 radical (unpaired) electrons. The third-order valence-electron chi connectivity index (χ3n) is 4.11. The third kappa shape index (κ3) is 4.03. The number of aromatic nitrogens is 3. The van der Waals surface area contributed by atoms with E-state index in [1.54, 1.807) is 11.9 Å². The van der Waals surface area contributed by atoms with Crippen LogP contribution in [0.15, 0.2) is 30.5 Å². The Morgan fingerprint density at radius 1 is 1.27 bits per heavy atom. The number of para-hydroxylation sites is 1. The van der Waals surface area contributed by atoms with E-state index in [4.69, 9.17) is 0 Å². The van der Waals surface area contributed by atoms with Gasteiger partial charge in [0, 0.05) is 13.1 Å². The lowest BCUT2D eigenvalue weighted by Gasteiger charge is -2.23. The van der Waals surface area contributed by atoms with Gasteiger partial charge in [-0.1, -0.05) is 12.1 Å². The van der Waals surface area contributed by atoms with Crippen LogP contribution in [0.3, 0.4) is 0 Å². The van der Waals surface area contributed by atoms with Crippen molar-refractivity contribution in [3.8, 4) is 0 Å². The van der Waals surface area contributed by atoms with Crippen molar-refractivity contribution in [2.24, 2.45) is 0 Å². The van der Waals surface area contributed by atoms with Crippen LogP contribution in [0.5, 0.6) is 0 Å². The van der Waals surface area contributed by atoms with Gasteiger partial charge in [0.15, 0.2) is 15.7 Å². The van der Waals surface area contributed by atoms with Gasteiger partial charge in [-0.25, -0.2) is 8.42 Å². The van der Waals surface area contributed by atoms with E-state index >= 15 is 0 Å². The lowest BCUT2D eigenvalue weighted by molar-refractivity contribution is -0.136. The molecule has 7 nitrogen and oxygen atoms in total. The maximum atomic E-state index is 13.1. The summed E-state index contributed by atoms with van der Waals surface area (Å²) in [5, 5.41) is 10.2. The van der Waals surface area contributed by atoms with E-state index in [0.29, 0.717) is 6.42 Å². The minimum absolute atomic E-state index is 0.0125. The van der Waals surface area contributed by atoms with E-state index in [0.717, 1.165) is 6.07 Å². The summed E-state index contributed by atoms with van der Waals surface area (Å²) in [6, 6.07) is 4.74. The average molecular weight is 387 g/mol. The topological polar surface area (TPSA) is 88.1 Å². The molecule has 1 aliphatic rings. The fraction of sp³-hybridized carbons (Fsp3) is 0.400. The van der Waals surface area contributed by atoms with Crippen molar-refractivity contribution in [3.63, 3.8) is 0 Å². The first-order chi connectivity index (χ1) is 12.2. The fourth-order valence-corrected chi connectivity index (χ4v) is 4.50. The van der Waals surface area contributed by atoms with Crippen LogP contribution in [0.2, 0.25) is 0 Å². The number of hydrogen-bond acceptors (Lipinski definition) is 7. The molecule has 1 unspecified atom stereocenters. The molecule has 1 N–H and O–H groups in total. The van der Waals surface area contributed by atoms with Crippen molar-refractivity contribution < 1.29 is 21.6 Å². The summed E-state index contributed by atoms with van der Waals surface area (Å²) in [4.78, 5) is 5.74. The molecular weight excluding hydrogens is 371 g/mol. The molecule has 1 aromatic heterocycles. The van der Waals surface area contributed by atoms with Crippen LogP contribution in [0, 0.1) is 0 Å². The first kappa shape index (κ1) is 18.4. The Hall–Kier alpha value is -2.43. The second-order valence-corrected chi connectivity index (χ2v) is 8.21. The Kier molecular flexibility index (Phi) is 4.74. The Balaban J connectivity index is 1.83. The molecule has 0 amide bonds. The lowest BCUT2D eigenvalue weighted by atomic mass is 10.1. The molecule has 1 atom stereocenters. The zero-order chi connectivity index (χ0) is 18.9. The van der Waals surface area contributed by atoms with Crippen LogP contribution < -0.4 is 10.2 Å². The zero-order valence-corrected chi connectivity index (χ0v) is 14.5. The van der Waals surface area contributed by atoms with Crippen LogP contribution in [0.4, 0.5) is 30.6 Å². The smallest absolute Gasteiger partial charge is 0.338 e. The standard InChI is InChI=1S/C15H16F3N5O2S/c1-23(10-6-7-26(24,25)9-10)14-21-13(8-19-22-14)20-12-5-3-2-4-11(12)15(16,17)18/h2-5,8,10H,6-7,9H2,1H3,(H,20,21,22). The molecule has 1 saturated heterocycles. The second kappa shape index (κ2) is 6.71. The number of hydrogen-bond donors (Lipinski definition) is 1. The number of benzene rings is 1. The van der Waals surface area contributed by atoms with E-state index in [1.165, 1.54) is 24.4 Å². The Morgan fingerprint density at radius 3 is 2.65 bits per heavy atom. The quantitative estimate of drug-likeness (QED) is 0.861. The fourth-order valence-electron chi connectivity index (χ4n) is 2.73. The minimum atomic E-state index is -4.51. The highest BCUT2D eigenvalue weighted by atomic mass is 32.2. The highest BCUT2D eigenvalue weighted by Gasteiger charge is 2.34. The molecular formula is C15H16F3N5O2S. The van der Waals surface area contributed by atoms with E-state index < -0.39 is 21.6 Å². The molecule has 3 rings (SSSR count). The van der Waals surface area contributed by atoms with Crippen molar-refractivity contribution in [1.82, 2.24) is 15.2 Å². The van der Waals surface area contributed by atoms with Gasteiger partial charge in [-0.15, -0.1) is 5.10 Å². The molecule has 0 spiro atoms. The molecule has 2 heterocycles. The maximum absolute atomic E-state index is 13.1. The monoisotopic (exact) mass is 387 g/mol. The Labute approximate surface area is 148 Å². The van der Waals surface area contributed by atoms with Crippen molar-refractivity contribution in [2.75, 3.05) is 28.8 Å². The number of halogens is 3. The van der Waals surface area contributed by atoms with Gasteiger partial charge in [-0.2, -0.15) is 23.3 Å². The van der Waals surface area contributed by atoms with Gasteiger partial charge in [0.1, 0.15) is 0 Å². The van der Waals surface area contributed by atoms with Crippen LogP contribution >= 0.6 is 0 Å². The molecule has 0 bridgehead atoms. The number of sulfone groups is 1.